The first-order chi connectivity index (χ1) is 36.5. The Kier molecular flexibility index (Phi) is 19.1. The van der Waals surface area contributed by atoms with E-state index in [9.17, 15) is 76.6 Å². The van der Waals surface area contributed by atoms with Crippen LogP contribution >= 0.6 is 0 Å². The zero-order valence-corrected chi connectivity index (χ0v) is 46.6. The molecule has 7 fully saturated rings. The van der Waals surface area contributed by atoms with Gasteiger partial charge in [0.25, 0.3) is 0 Å². The van der Waals surface area contributed by atoms with Crippen LogP contribution in [-0.4, -0.2) is 244 Å². The summed E-state index contributed by atoms with van der Waals surface area (Å²) in [6, 6.07) is 0. The molecule has 4 aliphatic carbocycles. The van der Waals surface area contributed by atoms with Gasteiger partial charge in [-0.15, -0.1) is 0 Å². The summed E-state index contributed by atoms with van der Waals surface area (Å²) in [4.78, 5) is 0. The first-order valence-corrected chi connectivity index (χ1v) is 28.4. The number of allylic oxidation sites excluding steroid dienone is 1. The highest BCUT2D eigenvalue weighted by atomic mass is 16.8. The van der Waals surface area contributed by atoms with Gasteiger partial charge in [0.05, 0.1) is 56.4 Å². The third kappa shape index (κ3) is 10.9. The van der Waals surface area contributed by atoms with Crippen molar-refractivity contribution in [3.8, 4) is 0 Å². The molecule has 15 N–H and O–H groups in total. The maximum absolute atomic E-state index is 12.7. The second-order valence-corrected chi connectivity index (χ2v) is 26.2. The Morgan fingerprint density at radius 1 is 0.590 bits per heavy atom. The number of aliphatic hydroxyl groups is 15. The van der Waals surface area contributed by atoms with Crippen LogP contribution in [0.25, 0.3) is 0 Å². The molecule has 0 radical (unpaired) electrons. The van der Waals surface area contributed by atoms with E-state index in [1.165, 1.54) is 12.5 Å². The number of aliphatic hydroxyl groups excluding tert-OH is 14. The molecule has 78 heavy (non-hydrogen) atoms. The first-order valence-electron chi connectivity index (χ1n) is 28.4. The fourth-order valence-corrected chi connectivity index (χ4v) is 15.9. The average Bonchev–Trinajstić information content (AvgIpc) is 2.46. The number of hydrogen-bond donors (Lipinski definition) is 15. The first kappa shape index (κ1) is 62.9. The van der Waals surface area contributed by atoms with Gasteiger partial charge in [-0.05, 0) is 99.7 Å². The summed E-state index contributed by atoms with van der Waals surface area (Å²) >= 11 is 0. The van der Waals surface area contributed by atoms with Gasteiger partial charge in [0.2, 0.25) is 0 Å². The van der Waals surface area contributed by atoms with E-state index in [0.29, 0.717) is 25.7 Å². The molecule has 0 amide bonds. The largest absolute Gasteiger partial charge is 0.394 e. The molecule has 8 aliphatic rings. The van der Waals surface area contributed by atoms with Crippen LogP contribution in [-0.2, 0) is 37.9 Å². The highest BCUT2D eigenvalue weighted by Crippen LogP contribution is 2.75. The van der Waals surface area contributed by atoms with E-state index in [2.05, 4.69) is 47.6 Å². The molecule has 3 saturated carbocycles. The molecule has 0 spiro atoms. The van der Waals surface area contributed by atoms with Crippen molar-refractivity contribution in [2.75, 3.05) is 26.4 Å². The second-order valence-electron chi connectivity index (χ2n) is 26.2. The van der Waals surface area contributed by atoms with Gasteiger partial charge >= 0.3 is 0 Å². The van der Waals surface area contributed by atoms with Gasteiger partial charge in [0.1, 0.15) is 85.5 Å². The molecular weight excluding hydrogens is 1030 g/mol. The van der Waals surface area contributed by atoms with E-state index in [-0.39, 0.29) is 40.9 Å². The van der Waals surface area contributed by atoms with E-state index >= 15 is 0 Å². The van der Waals surface area contributed by atoms with Crippen LogP contribution in [0.1, 0.15) is 114 Å². The van der Waals surface area contributed by atoms with E-state index in [1.807, 2.05) is 0 Å². The van der Waals surface area contributed by atoms with Crippen molar-refractivity contribution in [1.82, 2.24) is 0 Å². The monoisotopic (exact) mass is 1120 g/mol. The van der Waals surface area contributed by atoms with Crippen molar-refractivity contribution in [2.24, 2.45) is 51.2 Å². The summed E-state index contributed by atoms with van der Waals surface area (Å²) in [5, 5.41) is 163. The van der Waals surface area contributed by atoms with Crippen molar-refractivity contribution in [3.05, 3.63) is 11.6 Å². The van der Waals surface area contributed by atoms with Gasteiger partial charge in [-0.2, -0.15) is 0 Å². The third-order valence-corrected chi connectivity index (χ3v) is 21.1. The van der Waals surface area contributed by atoms with Crippen molar-refractivity contribution in [3.63, 3.8) is 0 Å². The van der Waals surface area contributed by atoms with Crippen molar-refractivity contribution < 1.29 is 114 Å². The fraction of sp³-hybridized carbons (Fsp3) is 0.964. The topological polar surface area (TPSA) is 377 Å². The Morgan fingerprint density at radius 2 is 1.10 bits per heavy atom. The zero-order valence-electron chi connectivity index (χ0n) is 46.6. The lowest BCUT2D eigenvalue weighted by Crippen LogP contribution is -2.66. The molecule has 3 unspecified atom stereocenters. The summed E-state index contributed by atoms with van der Waals surface area (Å²) in [7, 11) is 0. The molecule has 4 saturated heterocycles. The summed E-state index contributed by atoms with van der Waals surface area (Å²) in [5.74, 6) is -0.558. The summed E-state index contributed by atoms with van der Waals surface area (Å²) in [6.45, 7) is 15.1. The molecule has 4 aliphatic heterocycles. The molecule has 0 aromatic heterocycles. The fourth-order valence-electron chi connectivity index (χ4n) is 15.9. The molecule has 452 valence electrons. The van der Waals surface area contributed by atoms with Gasteiger partial charge < -0.3 is 114 Å². The molecule has 23 nitrogen and oxygen atoms in total. The zero-order chi connectivity index (χ0) is 57.5. The van der Waals surface area contributed by atoms with Crippen LogP contribution in [0.15, 0.2) is 11.6 Å². The van der Waals surface area contributed by atoms with Gasteiger partial charge in [0.15, 0.2) is 25.2 Å². The van der Waals surface area contributed by atoms with Crippen LogP contribution in [0.3, 0.4) is 0 Å². The lowest BCUT2D eigenvalue weighted by atomic mass is 9.38. The molecule has 0 bridgehead atoms. The Labute approximate surface area is 457 Å². The summed E-state index contributed by atoms with van der Waals surface area (Å²) < 4.78 is 48.3. The molecule has 0 aromatic carbocycles. The van der Waals surface area contributed by atoms with Crippen LogP contribution in [0, 0.1) is 51.2 Å². The number of rotatable bonds is 17. The highest BCUT2D eigenvalue weighted by molar-refractivity contribution is 5.32. The van der Waals surface area contributed by atoms with Crippen LogP contribution < -0.4 is 0 Å². The Morgan fingerprint density at radius 3 is 1.71 bits per heavy atom. The quantitative estimate of drug-likeness (QED) is 0.0704. The third-order valence-electron chi connectivity index (χ3n) is 21.1. The Hall–Kier alpha value is -1.18. The minimum atomic E-state index is -1.94. The molecule has 23 heteroatoms. The number of ether oxygens (including phenoxy) is 8. The van der Waals surface area contributed by atoms with E-state index in [1.54, 1.807) is 13.8 Å². The summed E-state index contributed by atoms with van der Waals surface area (Å²) in [5.41, 5.74) is -1.90. The predicted molar refractivity (Wildman–Crippen MR) is 271 cm³/mol. The molecule has 4 heterocycles. The lowest BCUT2D eigenvalue weighted by molar-refractivity contribution is -0.387. The normalized spacial score (nSPS) is 51.4. The number of hydrogen-bond acceptors (Lipinski definition) is 23. The van der Waals surface area contributed by atoms with Crippen LogP contribution in [0.2, 0.25) is 0 Å². The molecule has 30 atom stereocenters. The van der Waals surface area contributed by atoms with Crippen molar-refractivity contribution in [1.29, 1.82) is 0 Å². The summed E-state index contributed by atoms with van der Waals surface area (Å²) in [6.07, 6.45) is -23.7. The lowest BCUT2D eigenvalue weighted by Gasteiger charge is -2.67. The SMILES string of the molecule is C[C@@H]1[C@@H](O[C@@H]2[C@@H](O)[C@H](O)[C@@H](O[C@H]3[C@H](O[C@H](CC[C@@H](C)C4CC[C@@]5(C)C6CC=C7C(CC[C@H](O[C@@H]8O[C@H](CO)[C@@H](O)[C@H](O)[C@H]8O)C7(C)C)[C@]6(C)[C@H](O)C[C@]45C)C(C)(C)O)O[C@H](CO)[C@@H](O)[C@@H]3O)O[C@H]2CO)O[C@@H](CO)[C@H](O)[C@H]1O. The van der Waals surface area contributed by atoms with E-state index < -0.39 is 184 Å². The van der Waals surface area contributed by atoms with Crippen LogP contribution in [0.4, 0.5) is 0 Å². The van der Waals surface area contributed by atoms with Crippen LogP contribution in [0.5, 0.6) is 0 Å². The highest BCUT2D eigenvalue weighted by Gasteiger charge is 2.70. The van der Waals surface area contributed by atoms with E-state index in [4.69, 9.17) is 37.9 Å². The van der Waals surface area contributed by atoms with E-state index in [0.717, 1.165) is 19.3 Å². The van der Waals surface area contributed by atoms with Gasteiger partial charge in [0, 0.05) is 16.7 Å². The standard InChI is InChI=1S/C55H94O23/c1-23(25-16-17-53(7)32-13-11-26-27(55(32,9)33(60)18-54(25,53)8)12-15-34(51(26,3)4)75-48-43(68)40(65)38(63)29(20-57)72-48)10-14-35(52(5,6)70)76-50-46(41(66)39(64)30(21-58)73-50)78-49-44(69)42(67)45(31(22-59)74-49)77-47-24(2)36(61)37(62)28(19-56)71-47/h11,23-25,27-50,56-70H,10,12-22H2,1-9H3/t23-,24+,25?,27?,28+,29-,30-,31+,32?,33-,34+,35-,36+,37+,38-,39-,40+,41+,42+,43-,44+,45+,46-,47-,48+,49-,50+,53+,54-,55+/m1/s1. The van der Waals surface area contributed by atoms with Crippen molar-refractivity contribution in [2.45, 2.75) is 254 Å². The molecule has 8 rings (SSSR count). The van der Waals surface area contributed by atoms with Gasteiger partial charge in [-0.1, -0.05) is 60.1 Å². The van der Waals surface area contributed by atoms with Gasteiger partial charge in [-0.3, -0.25) is 0 Å². The maximum Gasteiger partial charge on any atom is 0.187 e. The smallest absolute Gasteiger partial charge is 0.187 e. The molecule has 0 aromatic rings. The minimum Gasteiger partial charge on any atom is -0.394 e. The number of fused-ring (bicyclic) bond motifs is 5. The minimum absolute atomic E-state index is 0.0253. The van der Waals surface area contributed by atoms with Gasteiger partial charge in [-0.25, -0.2) is 0 Å². The average molecular weight is 1120 g/mol. The van der Waals surface area contributed by atoms with Crippen molar-refractivity contribution >= 4 is 0 Å². The Balaban J connectivity index is 0.951. The Bertz CT molecular complexity index is 2020. The predicted octanol–water partition coefficient (Wildman–Crippen LogP) is -1.96. The maximum atomic E-state index is 12.7. The molecular formula is C55H94O23. The second kappa shape index (κ2) is 23.7.